The predicted molar refractivity (Wildman–Crippen MR) is 114 cm³/mol. The van der Waals surface area contributed by atoms with Crippen LogP contribution >= 0.6 is 0 Å². The summed E-state index contributed by atoms with van der Waals surface area (Å²) in [4.78, 5) is 0. The first-order valence-corrected chi connectivity index (χ1v) is 9.64. The van der Waals surface area contributed by atoms with Crippen LogP contribution in [0.25, 0.3) is 10.9 Å². The molecule has 32 heavy (non-hydrogen) atoms. The van der Waals surface area contributed by atoms with E-state index in [0.29, 0.717) is 16.9 Å². The minimum atomic E-state index is -5.01. The van der Waals surface area contributed by atoms with Crippen LogP contribution in [0.1, 0.15) is 11.1 Å². The molecule has 0 fully saturated rings. The van der Waals surface area contributed by atoms with Crippen molar-refractivity contribution in [2.75, 3.05) is 5.01 Å². The van der Waals surface area contributed by atoms with Gasteiger partial charge in [-0.1, -0.05) is 24.3 Å². The molecule has 1 heterocycles. The van der Waals surface area contributed by atoms with Crippen LogP contribution in [0.3, 0.4) is 0 Å². The summed E-state index contributed by atoms with van der Waals surface area (Å²) in [7, 11) is 1.62. The number of hydrazine groups is 1. The predicted octanol–water partition coefficient (Wildman–Crippen LogP) is 4.00. The lowest BCUT2D eigenvalue weighted by atomic mass is 9.85. The SMILES string of the molecule is Cn1cc(C(O)(c2ccc(N(N)c3ccc(F)cc3)c([NH3+])c2)C(F)(F)F)c2ccccc21. The summed E-state index contributed by atoms with van der Waals surface area (Å²) in [6.07, 6.45) is -3.73. The van der Waals surface area contributed by atoms with E-state index in [4.69, 9.17) is 5.84 Å². The van der Waals surface area contributed by atoms with Gasteiger partial charge in [0.05, 0.1) is 5.69 Å². The van der Waals surface area contributed by atoms with Gasteiger partial charge in [0, 0.05) is 41.3 Å². The maximum absolute atomic E-state index is 14.4. The lowest BCUT2D eigenvalue weighted by Gasteiger charge is -2.31. The fourth-order valence-corrected chi connectivity index (χ4v) is 3.89. The lowest BCUT2D eigenvalue weighted by molar-refractivity contribution is -0.256. The van der Waals surface area contributed by atoms with E-state index in [0.717, 1.165) is 6.07 Å². The van der Waals surface area contributed by atoms with Gasteiger partial charge in [-0.15, -0.1) is 0 Å². The first-order chi connectivity index (χ1) is 15.0. The van der Waals surface area contributed by atoms with Crippen molar-refractivity contribution in [3.63, 3.8) is 0 Å². The van der Waals surface area contributed by atoms with Crippen LogP contribution in [-0.4, -0.2) is 15.8 Å². The highest BCUT2D eigenvalue weighted by Crippen LogP contribution is 2.47. The fourth-order valence-electron chi connectivity index (χ4n) is 3.89. The van der Waals surface area contributed by atoms with Crippen molar-refractivity contribution >= 4 is 28.0 Å². The highest BCUT2D eigenvalue weighted by atomic mass is 19.4. The molecule has 4 rings (SSSR count). The summed E-state index contributed by atoms with van der Waals surface area (Å²) in [5, 5.41) is 12.6. The van der Waals surface area contributed by atoms with Crippen LogP contribution < -0.4 is 16.6 Å². The van der Waals surface area contributed by atoms with Crippen molar-refractivity contribution in [2.45, 2.75) is 11.8 Å². The van der Waals surface area contributed by atoms with Gasteiger partial charge in [-0.3, -0.25) is 5.01 Å². The molecule has 4 aromatic rings. The summed E-state index contributed by atoms with van der Waals surface area (Å²) in [5.74, 6) is 5.64. The lowest BCUT2D eigenvalue weighted by Crippen LogP contribution is -2.46. The second kappa shape index (κ2) is 7.63. The summed E-state index contributed by atoms with van der Waals surface area (Å²) >= 11 is 0. The minimum absolute atomic E-state index is 0.164. The molecule has 0 bridgehead atoms. The number of para-hydroxylation sites is 1. The molecule has 3 aromatic carbocycles. The maximum atomic E-state index is 14.4. The van der Waals surface area contributed by atoms with Crippen molar-refractivity contribution in [3.05, 3.63) is 89.9 Å². The number of aryl methyl sites for hydroxylation is 1. The Hall–Kier alpha value is -3.40. The molecule has 1 aromatic heterocycles. The topological polar surface area (TPSA) is 82.1 Å². The highest BCUT2D eigenvalue weighted by Gasteiger charge is 2.57. The number of quaternary nitrogens is 1. The monoisotopic (exact) mass is 445 g/mol. The maximum Gasteiger partial charge on any atom is 0.425 e. The highest BCUT2D eigenvalue weighted by molar-refractivity contribution is 5.86. The second-order valence-electron chi connectivity index (χ2n) is 7.57. The van der Waals surface area contributed by atoms with Crippen LogP contribution in [0.4, 0.5) is 34.6 Å². The molecule has 9 heteroatoms. The Labute approximate surface area is 181 Å². The van der Waals surface area contributed by atoms with Gasteiger partial charge >= 0.3 is 6.18 Å². The van der Waals surface area contributed by atoms with Crippen LogP contribution in [0.5, 0.6) is 0 Å². The average molecular weight is 445 g/mol. The number of benzene rings is 3. The zero-order chi connectivity index (χ0) is 23.3. The zero-order valence-electron chi connectivity index (χ0n) is 17.1. The van der Waals surface area contributed by atoms with Crippen molar-refractivity contribution in [3.8, 4) is 0 Å². The molecule has 0 aliphatic heterocycles. The van der Waals surface area contributed by atoms with Crippen molar-refractivity contribution in [1.82, 2.24) is 4.57 Å². The number of fused-ring (bicyclic) bond motifs is 1. The van der Waals surface area contributed by atoms with Gasteiger partial charge in [0.25, 0.3) is 0 Å². The van der Waals surface area contributed by atoms with Gasteiger partial charge in [0.1, 0.15) is 11.5 Å². The number of hydrogen-bond acceptors (Lipinski definition) is 3. The number of nitrogens with two attached hydrogens (primary N) is 1. The molecule has 0 aliphatic rings. The number of hydrogen-bond donors (Lipinski definition) is 3. The third-order valence-electron chi connectivity index (χ3n) is 5.56. The van der Waals surface area contributed by atoms with Crippen LogP contribution in [0.2, 0.25) is 0 Å². The van der Waals surface area contributed by atoms with Crippen molar-refractivity contribution in [2.24, 2.45) is 12.9 Å². The average Bonchev–Trinajstić information content (AvgIpc) is 3.09. The number of aliphatic hydroxyl groups is 1. The molecule has 0 saturated heterocycles. The second-order valence-corrected chi connectivity index (χ2v) is 7.57. The van der Waals surface area contributed by atoms with Crippen molar-refractivity contribution in [1.29, 1.82) is 0 Å². The van der Waals surface area contributed by atoms with Crippen LogP contribution in [0.15, 0.2) is 72.9 Å². The number of halogens is 4. The normalized spacial score (nSPS) is 13.9. The van der Waals surface area contributed by atoms with Crippen LogP contribution in [-0.2, 0) is 12.6 Å². The van der Waals surface area contributed by atoms with E-state index in [9.17, 15) is 22.7 Å². The standard InChI is InChI=1S/C23H20F4N4O/c1-30-13-18(17-4-2-3-5-20(17)30)22(32,23(25,26)27)14-6-11-21(19(28)12-14)31(29)16-9-7-15(24)8-10-16/h2-13,32H,28-29H2,1H3/p+1. The molecular formula is C23H21F4N4O+. The molecule has 1 atom stereocenters. The first-order valence-electron chi connectivity index (χ1n) is 9.64. The molecule has 6 N–H and O–H groups in total. The van der Waals surface area contributed by atoms with Gasteiger partial charge in [-0.25, -0.2) is 10.2 Å². The molecule has 0 spiro atoms. The number of alkyl halides is 3. The molecule has 0 aliphatic carbocycles. The van der Waals surface area contributed by atoms with E-state index >= 15 is 0 Å². The third kappa shape index (κ3) is 3.40. The number of nitrogens with zero attached hydrogens (tertiary/aromatic N) is 2. The molecule has 0 amide bonds. The molecule has 5 nitrogen and oxygen atoms in total. The van der Waals surface area contributed by atoms with Crippen LogP contribution in [0, 0.1) is 5.82 Å². The largest absolute Gasteiger partial charge is 0.425 e. The Morgan fingerprint density at radius 3 is 2.28 bits per heavy atom. The number of rotatable bonds is 4. The van der Waals surface area contributed by atoms with Gasteiger partial charge in [-0.05, 0) is 36.4 Å². The Kier molecular flexibility index (Phi) is 5.20. The molecule has 0 saturated carbocycles. The summed E-state index contributed by atoms with van der Waals surface area (Å²) < 4.78 is 57.8. The van der Waals surface area contributed by atoms with Gasteiger partial charge in [-0.2, -0.15) is 13.2 Å². The van der Waals surface area contributed by atoms with Crippen molar-refractivity contribution < 1.29 is 28.4 Å². The fraction of sp³-hybridized carbons (Fsp3) is 0.130. The molecule has 1 unspecified atom stereocenters. The minimum Gasteiger partial charge on any atom is -0.372 e. The van der Waals surface area contributed by atoms with E-state index in [1.54, 1.807) is 25.2 Å². The van der Waals surface area contributed by atoms with E-state index < -0.39 is 17.6 Å². The van der Waals surface area contributed by atoms with E-state index in [2.05, 4.69) is 5.73 Å². The molecule has 166 valence electrons. The van der Waals surface area contributed by atoms with E-state index in [1.807, 2.05) is 0 Å². The Bertz CT molecular complexity index is 1280. The number of anilines is 2. The van der Waals surface area contributed by atoms with Gasteiger partial charge in [0.15, 0.2) is 5.69 Å². The van der Waals surface area contributed by atoms with Gasteiger partial charge in [0.2, 0.25) is 5.60 Å². The van der Waals surface area contributed by atoms with E-state index in [1.165, 1.54) is 58.2 Å². The quantitative estimate of drug-likeness (QED) is 0.252. The Balaban J connectivity index is 1.85. The molecule has 0 radical (unpaired) electrons. The summed E-state index contributed by atoms with van der Waals surface area (Å²) in [6.45, 7) is 0. The summed E-state index contributed by atoms with van der Waals surface area (Å²) in [5.41, 5.74) is 1.34. The Morgan fingerprint density at radius 1 is 1.00 bits per heavy atom. The Morgan fingerprint density at radius 2 is 1.66 bits per heavy atom. The van der Waals surface area contributed by atoms with Gasteiger partial charge < -0.3 is 15.4 Å². The zero-order valence-corrected chi connectivity index (χ0v) is 17.1. The first kappa shape index (κ1) is 21.8. The molecular weight excluding hydrogens is 424 g/mol. The summed E-state index contributed by atoms with van der Waals surface area (Å²) in [6, 6.07) is 15.5. The van der Waals surface area contributed by atoms with E-state index in [-0.39, 0.29) is 22.2 Å². The smallest absolute Gasteiger partial charge is 0.372 e. The third-order valence-corrected chi connectivity index (χ3v) is 5.56. The number of aromatic nitrogens is 1.